The van der Waals surface area contributed by atoms with Crippen LogP contribution in [0.15, 0.2) is 60.7 Å². The Labute approximate surface area is 145 Å². The van der Waals surface area contributed by atoms with Gasteiger partial charge in [-0.15, -0.1) is 0 Å². The maximum atomic E-state index is 12.4. The van der Waals surface area contributed by atoms with Crippen molar-refractivity contribution >= 4 is 5.97 Å². The Hall–Kier alpha value is -2.13. The normalized spacial score (nSPS) is 14.9. The van der Waals surface area contributed by atoms with Crippen molar-refractivity contribution in [2.45, 2.75) is 32.9 Å². The summed E-state index contributed by atoms with van der Waals surface area (Å²) in [6.07, 6.45) is 0. The highest BCUT2D eigenvalue weighted by Gasteiger charge is 2.34. The highest BCUT2D eigenvalue weighted by Crippen LogP contribution is 2.31. The molecule has 3 heteroatoms. The summed E-state index contributed by atoms with van der Waals surface area (Å²) in [7, 11) is 1.46. The summed E-state index contributed by atoms with van der Waals surface area (Å²) in [6, 6.07) is 20.4. The fourth-order valence-corrected chi connectivity index (χ4v) is 3.10. The minimum atomic E-state index is -0.247. The van der Waals surface area contributed by atoms with Crippen LogP contribution in [0.2, 0.25) is 0 Å². The average Bonchev–Trinajstić information content (AvgIpc) is 2.62. The molecule has 1 N–H and O–H groups in total. The predicted molar refractivity (Wildman–Crippen MR) is 97.5 cm³/mol. The van der Waals surface area contributed by atoms with Crippen molar-refractivity contribution in [2.24, 2.45) is 11.8 Å². The van der Waals surface area contributed by atoms with E-state index in [1.807, 2.05) is 36.4 Å². The smallest absolute Gasteiger partial charge is 0.310 e. The topological polar surface area (TPSA) is 38.3 Å². The van der Waals surface area contributed by atoms with Gasteiger partial charge in [-0.05, 0) is 24.0 Å². The number of methoxy groups -OCH3 is 1. The molecule has 0 aliphatic heterocycles. The van der Waals surface area contributed by atoms with Crippen molar-refractivity contribution in [3.63, 3.8) is 0 Å². The Morgan fingerprint density at radius 3 is 1.83 bits per heavy atom. The highest BCUT2D eigenvalue weighted by molar-refractivity contribution is 5.73. The molecule has 0 aliphatic rings. The molecule has 0 spiro atoms. The summed E-state index contributed by atoms with van der Waals surface area (Å²) < 4.78 is 5.08. The van der Waals surface area contributed by atoms with Gasteiger partial charge in [-0.25, -0.2) is 0 Å². The van der Waals surface area contributed by atoms with Gasteiger partial charge in [0.2, 0.25) is 0 Å². The molecule has 0 amide bonds. The number of rotatable bonds is 7. The van der Waals surface area contributed by atoms with Crippen molar-refractivity contribution in [3.8, 4) is 0 Å². The Balaban J connectivity index is 2.34. The van der Waals surface area contributed by atoms with E-state index < -0.39 is 0 Å². The Morgan fingerprint density at radius 1 is 0.875 bits per heavy atom. The van der Waals surface area contributed by atoms with E-state index in [0.717, 1.165) is 5.56 Å². The lowest BCUT2D eigenvalue weighted by Gasteiger charge is -2.32. The maximum absolute atomic E-state index is 12.4. The summed E-state index contributed by atoms with van der Waals surface area (Å²) in [5.41, 5.74) is 2.30. The summed E-state index contributed by atoms with van der Waals surface area (Å²) in [5.74, 6) is -0.256. The molecule has 2 aromatic carbocycles. The molecule has 2 aromatic rings. The van der Waals surface area contributed by atoms with Crippen LogP contribution in [0.1, 0.15) is 44.0 Å². The van der Waals surface area contributed by atoms with E-state index in [-0.39, 0.29) is 29.9 Å². The number of esters is 1. The van der Waals surface area contributed by atoms with Crippen LogP contribution in [-0.4, -0.2) is 13.1 Å². The molecule has 0 heterocycles. The number of nitrogens with one attached hydrogen (secondary N) is 1. The van der Waals surface area contributed by atoms with E-state index in [4.69, 9.17) is 4.74 Å². The zero-order valence-corrected chi connectivity index (χ0v) is 14.9. The van der Waals surface area contributed by atoms with Gasteiger partial charge >= 0.3 is 5.97 Å². The molecule has 24 heavy (non-hydrogen) atoms. The molecule has 3 nitrogen and oxygen atoms in total. The van der Waals surface area contributed by atoms with Crippen LogP contribution in [0.4, 0.5) is 0 Å². The minimum Gasteiger partial charge on any atom is -0.469 e. The second-order valence-electron chi connectivity index (χ2n) is 6.48. The summed E-state index contributed by atoms with van der Waals surface area (Å²) in [6.45, 7) is 6.25. The third-order valence-electron chi connectivity index (χ3n) is 4.44. The third-order valence-corrected chi connectivity index (χ3v) is 4.44. The molecule has 0 aliphatic carbocycles. The number of ether oxygens (including phenoxy) is 1. The minimum absolute atomic E-state index is 0.103. The van der Waals surface area contributed by atoms with Crippen LogP contribution >= 0.6 is 0 Å². The molecule has 0 unspecified atom stereocenters. The maximum Gasteiger partial charge on any atom is 0.310 e. The largest absolute Gasteiger partial charge is 0.469 e. The standard InChI is InChI=1S/C21H27NO2/c1-15(2)19(21(23)24-4)20(18-13-9-6-10-14-18)22-16(3)17-11-7-5-8-12-17/h5-16,19-20,22H,1-4H3/t16-,19+,20-/m1/s1. The summed E-state index contributed by atoms with van der Waals surface area (Å²) in [4.78, 5) is 12.4. The lowest BCUT2D eigenvalue weighted by Crippen LogP contribution is -2.38. The van der Waals surface area contributed by atoms with E-state index in [2.05, 4.69) is 50.4 Å². The van der Waals surface area contributed by atoms with E-state index in [9.17, 15) is 4.79 Å². The van der Waals surface area contributed by atoms with Gasteiger partial charge in [-0.3, -0.25) is 4.79 Å². The van der Waals surface area contributed by atoms with Gasteiger partial charge in [-0.2, -0.15) is 0 Å². The molecule has 128 valence electrons. The molecule has 0 saturated heterocycles. The molecule has 0 saturated carbocycles. The second kappa shape index (κ2) is 8.65. The number of carbonyl (C=O) groups is 1. The van der Waals surface area contributed by atoms with Crippen LogP contribution in [0, 0.1) is 11.8 Å². The second-order valence-corrected chi connectivity index (χ2v) is 6.48. The van der Waals surface area contributed by atoms with Crippen molar-refractivity contribution in [3.05, 3.63) is 71.8 Å². The fraction of sp³-hybridized carbons (Fsp3) is 0.381. The average molecular weight is 325 g/mol. The first-order valence-corrected chi connectivity index (χ1v) is 8.48. The van der Waals surface area contributed by atoms with Crippen LogP contribution in [0.25, 0.3) is 0 Å². The first-order valence-electron chi connectivity index (χ1n) is 8.48. The van der Waals surface area contributed by atoms with Crippen molar-refractivity contribution in [1.29, 1.82) is 0 Å². The zero-order chi connectivity index (χ0) is 17.5. The van der Waals surface area contributed by atoms with Gasteiger partial charge < -0.3 is 10.1 Å². The monoisotopic (exact) mass is 325 g/mol. The van der Waals surface area contributed by atoms with Crippen molar-refractivity contribution in [1.82, 2.24) is 5.32 Å². The van der Waals surface area contributed by atoms with Crippen LogP contribution in [0.5, 0.6) is 0 Å². The molecule has 0 radical (unpaired) electrons. The van der Waals surface area contributed by atoms with Crippen LogP contribution in [0.3, 0.4) is 0 Å². The third kappa shape index (κ3) is 4.45. The molecular weight excluding hydrogens is 298 g/mol. The van der Waals surface area contributed by atoms with Gasteiger partial charge in [0, 0.05) is 12.1 Å². The molecular formula is C21H27NO2. The van der Waals surface area contributed by atoms with Gasteiger partial charge in [-0.1, -0.05) is 74.5 Å². The lowest BCUT2D eigenvalue weighted by atomic mass is 9.83. The van der Waals surface area contributed by atoms with E-state index in [1.54, 1.807) is 0 Å². The molecule has 2 rings (SSSR count). The van der Waals surface area contributed by atoms with E-state index in [1.165, 1.54) is 12.7 Å². The fourth-order valence-electron chi connectivity index (χ4n) is 3.10. The first-order chi connectivity index (χ1) is 11.5. The van der Waals surface area contributed by atoms with Gasteiger partial charge in [0.1, 0.15) is 0 Å². The quantitative estimate of drug-likeness (QED) is 0.760. The van der Waals surface area contributed by atoms with Crippen molar-refractivity contribution in [2.75, 3.05) is 7.11 Å². The Kier molecular flexibility index (Phi) is 6.56. The molecule has 0 fully saturated rings. The highest BCUT2D eigenvalue weighted by atomic mass is 16.5. The van der Waals surface area contributed by atoms with E-state index in [0.29, 0.717) is 0 Å². The number of hydrogen-bond acceptors (Lipinski definition) is 3. The molecule has 0 aromatic heterocycles. The van der Waals surface area contributed by atoms with Crippen molar-refractivity contribution < 1.29 is 9.53 Å². The van der Waals surface area contributed by atoms with Gasteiger partial charge in [0.15, 0.2) is 0 Å². The zero-order valence-electron chi connectivity index (χ0n) is 14.9. The predicted octanol–water partition coefficient (Wildman–Crippen LogP) is 4.52. The van der Waals surface area contributed by atoms with Crippen LogP contribution < -0.4 is 5.32 Å². The Morgan fingerprint density at radius 2 is 1.38 bits per heavy atom. The van der Waals surface area contributed by atoms with Crippen LogP contribution in [-0.2, 0) is 9.53 Å². The number of hydrogen-bond donors (Lipinski definition) is 1. The summed E-state index contributed by atoms with van der Waals surface area (Å²) in [5, 5.41) is 3.65. The van der Waals surface area contributed by atoms with E-state index >= 15 is 0 Å². The van der Waals surface area contributed by atoms with Gasteiger partial charge in [0.05, 0.1) is 13.0 Å². The lowest BCUT2D eigenvalue weighted by molar-refractivity contribution is -0.148. The summed E-state index contributed by atoms with van der Waals surface area (Å²) >= 11 is 0. The molecule has 3 atom stereocenters. The SMILES string of the molecule is COC(=O)[C@@H](C(C)C)[C@H](N[C@H](C)c1ccccc1)c1ccccc1. The number of benzene rings is 2. The first kappa shape index (κ1) is 18.2. The Bertz CT molecular complexity index is 625. The molecule has 0 bridgehead atoms. The van der Waals surface area contributed by atoms with Gasteiger partial charge in [0.25, 0.3) is 0 Å². The number of carbonyl (C=O) groups excluding carboxylic acids is 1.